The van der Waals surface area contributed by atoms with Gasteiger partial charge in [-0.15, -0.1) is 0 Å². The van der Waals surface area contributed by atoms with E-state index in [1.807, 2.05) is 0 Å². The molecule has 0 aromatic carbocycles. The summed E-state index contributed by atoms with van der Waals surface area (Å²) in [5.41, 5.74) is 0. The van der Waals surface area contributed by atoms with E-state index in [-0.39, 0.29) is 4.75 Å². The van der Waals surface area contributed by atoms with E-state index in [1.165, 1.54) is 6.42 Å². The molecule has 9 heavy (non-hydrogen) atoms. The molecule has 2 unspecified atom stereocenters. The van der Waals surface area contributed by atoms with E-state index in [0.29, 0.717) is 0 Å². The van der Waals surface area contributed by atoms with Gasteiger partial charge in [0.1, 0.15) is 0 Å². The third kappa shape index (κ3) is 2.61. The average molecular weight is 146 g/mol. The molecule has 0 aliphatic rings. The normalized spacial score (nSPS) is 21.0. The molecular formula is C8H18S. The summed E-state index contributed by atoms with van der Waals surface area (Å²) in [6, 6.07) is 0. The monoisotopic (exact) mass is 146 g/mol. The van der Waals surface area contributed by atoms with E-state index in [4.69, 9.17) is 0 Å². The van der Waals surface area contributed by atoms with Crippen molar-refractivity contribution in [1.82, 2.24) is 0 Å². The SMILES string of the molecule is CCC(C)C(C)(S)CC. The van der Waals surface area contributed by atoms with Crippen molar-refractivity contribution in [3.8, 4) is 0 Å². The highest BCUT2D eigenvalue weighted by Gasteiger charge is 2.22. The molecule has 0 saturated carbocycles. The van der Waals surface area contributed by atoms with Crippen molar-refractivity contribution in [1.29, 1.82) is 0 Å². The Morgan fingerprint density at radius 1 is 1.44 bits per heavy atom. The highest BCUT2D eigenvalue weighted by Crippen LogP contribution is 2.29. The fourth-order valence-electron chi connectivity index (χ4n) is 0.788. The lowest BCUT2D eigenvalue weighted by Crippen LogP contribution is -2.24. The molecular weight excluding hydrogens is 128 g/mol. The van der Waals surface area contributed by atoms with E-state index in [0.717, 1.165) is 12.3 Å². The van der Waals surface area contributed by atoms with Gasteiger partial charge in [0.15, 0.2) is 0 Å². The number of thiol groups is 1. The third-order valence-corrected chi connectivity index (χ3v) is 3.15. The van der Waals surface area contributed by atoms with Gasteiger partial charge in [0.05, 0.1) is 0 Å². The van der Waals surface area contributed by atoms with Crippen molar-refractivity contribution >= 4 is 12.6 Å². The molecule has 0 saturated heterocycles. The molecule has 0 aliphatic carbocycles. The van der Waals surface area contributed by atoms with Gasteiger partial charge in [-0.3, -0.25) is 0 Å². The van der Waals surface area contributed by atoms with Crippen LogP contribution in [0.2, 0.25) is 0 Å². The van der Waals surface area contributed by atoms with Crippen molar-refractivity contribution in [3.63, 3.8) is 0 Å². The largest absolute Gasteiger partial charge is 0.173 e. The van der Waals surface area contributed by atoms with Gasteiger partial charge >= 0.3 is 0 Å². The van der Waals surface area contributed by atoms with Crippen LogP contribution in [-0.4, -0.2) is 4.75 Å². The summed E-state index contributed by atoms with van der Waals surface area (Å²) in [6.07, 6.45) is 2.39. The molecule has 0 N–H and O–H groups in total. The Hall–Kier alpha value is 0.350. The van der Waals surface area contributed by atoms with Gasteiger partial charge in [0, 0.05) is 4.75 Å². The first kappa shape index (κ1) is 9.35. The van der Waals surface area contributed by atoms with Crippen molar-refractivity contribution < 1.29 is 0 Å². The molecule has 0 nitrogen and oxygen atoms in total. The first-order valence-electron chi connectivity index (χ1n) is 3.77. The molecule has 0 bridgehead atoms. The van der Waals surface area contributed by atoms with Gasteiger partial charge in [-0.25, -0.2) is 0 Å². The molecule has 0 amide bonds. The standard InChI is InChI=1S/C8H18S/c1-5-7(3)8(4,9)6-2/h7,9H,5-6H2,1-4H3. The second-order valence-corrected chi connectivity index (χ2v) is 4.04. The van der Waals surface area contributed by atoms with Gasteiger partial charge < -0.3 is 0 Å². The van der Waals surface area contributed by atoms with Gasteiger partial charge in [0.2, 0.25) is 0 Å². The molecule has 1 heteroatoms. The lowest BCUT2D eigenvalue weighted by Gasteiger charge is -2.28. The zero-order valence-electron chi connectivity index (χ0n) is 6.94. The Morgan fingerprint density at radius 2 is 1.89 bits per heavy atom. The Morgan fingerprint density at radius 3 is 2.00 bits per heavy atom. The van der Waals surface area contributed by atoms with Crippen LogP contribution in [0, 0.1) is 5.92 Å². The Balaban J connectivity index is 3.80. The summed E-state index contributed by atoms with van der Waals surface area (Å²) in [5, 5.41) is 0. The van der Waals surface area contributed by atoms with E-state index in [2.05, 4.69) is 40.3 Å². The van der Waals surface area contributed by atoms with Crippen LogP contribution in [0.25, 0.3) is 0 Å². The summed E-state index contributed by atoms with van der Waals surface area (Å²) in [7, 11) is 0. The predicted octanol–water partition coefficient (Wildman–Crippen LogP) is 3.13. The summed E-state index contributed by atoms with van der Waals surface area (Å²) < 4.78 is 0.245. The van der Waals surface area contributed by atoms with Crippen molar-refractivity contribution in [2.75, 3.05) is 0 Å². The number of hydrogen-bond acceptors (Lipinski definition) is 1. The maximum atomic E-state index is 4.56. The van der Waals surface area contributed by atoms with Gasteiger partial charge in [-0.2, -0.15) is 12.6 Å². The number of rotatable bonds is 3. The molecule has 0 radical (unpaired) electrons. The zero-order valence-corrected chi connectivity index (χ0v) is 7.83. The summed E-state index contributed by atoms with van der Waals surface area (Å²) >= 11 is 4.56. The minimum atomic E-state index is 0.245. The molecule has 2 atom stereocenters. The van der Waals surface area contributed by atoms with Gasteiger partial charge in [-0.05, 0) is 12.3 Å². The molecule has 0 aliphatic heterocycles. The first-order chi connectivity index (χ1) is 4.04. The lowest BCUT2D eigenvalue weighted by molar-refractivity contribution is 0.413. The second-order valence-electron chi connectivity index (χ2n) is 3.02. The molecule has 0 rings (SSSR count). The van der Waals surface area contributed by atoms with Crippen LogP contribution >= 0.6 is 12.6 Å². The fraction of sp³-hybridized carbons (Fsp3) is 1.00. The zero-order chi connectivity index (χ0) is 7.49. The third-order valence-electron chi connectivity index (χ3n) is 2.39. The minimum absolute atomic E-state index is 0.245. The van der Waals surface area contributed by atoms with E-state index >= 15 is 0 Å². The summed E-state index contributed by atoms with van der Waals surface area (Å²) in [5.74, 6) is 0.728. The second kappa shape index (κ2) is 3.50. The smallest absolute Gasteiger partial charge is 0.0124 e. The molecule has 0 heterocycles. The van der Waals surface area contributed by atoms with Crippen molar-refractivity contribution in [3.05, 3.63) is 0 Å². The molecule has 0 aromatic heterocycles. The molecule has 0 aromatic rings. The topological polar surface area (TPSA) is 0 Å². The minimum Gasteiger partial charge on any atom is -0.173 e. The summed E-state index contributed by atoms with van der Waals surface area (Å²) in [4.78, 5) is 0. The van der Waals surface area contributed by atoms with Gasteiger partial charge in [0.25, 0.3) is 0 Å². The highest BCUT2D eigenvalue weighted by molar-refractivity contribution is 7.81. The maximum Gasteiger partial charge on any atom is 0.0124 e. The van der Waals surface area contributed by atoms with Crippen LogP contribution in [0.1, 0.15) is 40.5 Å². The molecule has 56 valence electrons. The Labute approximate surface area is 64.4 Å². The average Bonchev–Trinajstić information content (AvgIpc) is 1.86. The van der Waals surface area contributed by atoms with E-state index in [9.17, 15) is 0 Å². The lowest BCUT2D eigenvalue weighted by atomic mass is 9.90. The van der Waals surface area contributed by atoms with E-state index < -0.39 is 0 Å². The quantitative estimate of drug-likeness (QED) is 0.581. The van der Waals surface area contributed by atoms with Crippen LogP contribution in [0.4, 0.5) is 0 Å². The van der Waals surface area contributed by atoms with Gasteiger partial charge in [-0.1, -0.05) is 34.1 Å². The van der Waals surface area contributed by atoms with Crippen LogP contribution in [-0.2, 0) is 0 Å². The van der Waals surface area contributed by atoms with E-state index in [1.54, 1.807) is 0 Å². The van der Waals surface area contributed by atoms with Crippen LogP contribution in [0.15, 0.2) is 0 Å². The fourth-order valence-corrected chi connectivity index (χ4v) is 0.971. The summed E-state index contributed by atoms with van der Waals surface area (Å²) in [6.45, 7) is 8.88. The van der Waals surface area contributed by atoms with Crippen LogP contribution in [0.3, 0.4) is 0 Å². The van der Waals surface area contributed by atoms with Crippen molar-refractivity contribution in [2.24, 2.45) is 5.92 Å². The van der Waals surface area contributed by atoms with Crippen LogP contribution < -0.4 is 0 Å². The molecule has 0 fully saturated rings. The van der Waals surface area contributed by atoms with Crippen LogP contribution in [0.5, 0.6) is 0 Å². The Bertz CT molecular complexity index is 76.6. The predicted molar refractivity (Wildman–Crippen MR) is 47.1 cm³/mol. The highest BCUT2D eigenvalue weighted by atomic mass is 32.1. The van der Waals surface area contributed by atoms with Crippen molar-refractivity contribution in [2.45, 2.75) is 45.3 Å². The number of hydrogen-bond donors (Lipinski definition) is 1. The Kier molecular flexibility index (Phi) is 3.64. The first-order valence-corrected chi connectivity index (χ1v) is 4.21. The molecule has 0 spiro atoms. The maximum absolute atomic E-state index is 4.56.